The fraction of sp³-hybridized carbons (Fsp3) is 0.571. The second-order valence-corrected chi connectivity index (χ2v) is 6.68. The molecule has 0 spiro atoms. The summed E-state index contributed by atoms with van der Waals surface area (Å²) in [6, 6.07) is 2.78. The van der Waals surface area contributed by atoms with Gasteiger partial charge in [0.1, 0.15) is 10.6 Å². The molecule has 2 aliphatic rings. The fourth-order valence-electron chi connectivity index (χ4n) is 3.48. The van der Waals surface area contributed by atoms with Crippen LogP contribution < -0.4 is 16.2 Å². The zero-order chi connectivity index (χ0) is 14.2. The highest BCUT2D eigenvalue weighted by atomic mass is 32.1. The van der Waals surface area contributed by atoms with E-state index in [0.717, 1.165) is 29.1 Å². The average molecular weight is 304 g/mol. The van der Waals surface area contributed by atoms with Gasteiger partial charge in [-0.2, -0.15) is 4.98 Å². The number of nitrogen functional groups attached to an aromatic ring is 1. The van der Waals surface area contributed by atoms with Gasteiger partial charge in [0.15, 0.2) is 0 Å². The van der Waals surface area contributed by atoms with E-state index in [-0.39, 0.29) is 0 Å². The molecule has 3 N–H and O–H groups in total. The largest absolute Gasteiger partial charge is 0.354 e. The van der Waals surface area contributed by atoms with Gasteiger partial charge in [-0.25, -0.2) is 10.8 Å². The lowest BCUT2D eigenvalue weighted by Crippen LogP contribution is -2.35. The van der Waals surface area contributed by atoms with E-state index in [2.05, 4.69) is 36.6 Å². The number of fused-ring (bicyclic) bond motifs is 1. The number of rotatable bonds is 3. The lowest BCUT2D eigenvalue weighted by atomic mass is 10.2. The van der Waals surface area contributed by atoms with Crippen LogP contribution >= 0.6 is 11.3 Å². The molecule has 0 amide bonds. The molecule has 2 aromatic rings. The third kappa shape index (κ3) is 2.35. The summed E-state index contributed by atoms with van der Waals surface area (Å²) < 4.78 is 0. The highest BCUT2D eigenvalue weighted by Gasteiger charge is 2.30. The Morgan fingerprint density at radius 1 is 1.24 bits per heavy atom. The van der Waals surface area contributed by atoms with Crippen LogP contribution in [0.4, 0.5) is 11.8 Å². The van der Waals surface area contributed by atoms with Crippen molar-refractivity contribution in [1.82, 2.24) is 14.9 Å². The molecule has 0 aromatic carbocycles. The summed E-state index contributed by atoms with van der Waals surface area (Å²) in [5.41, 5.74) is 2.59. The smallest absolute Gasteiger partial charge is 0.240 e. The minimum atomic E-state index is 0.504. The Morgan fingerprint density at radius 3 is 2.90 bits per heavy atom. The lowest BCUT2D eigenvalue weighted by molar-refractivity contribution is 0.260. The van der Waals surface area contributed by atoms with Crippen molar-refractivity contribution in [2.75, 3.05) is 36.5 Å². The molecule has 0 aliphatic carbocycles. The molecule has 7 heteroatoms. The first kappa shape index (κ1) is 13.2. The number of hydrogen-bond acceptors (Lipinski definition) is 7. The molecule has 2 fully saturated rings. The predicted molar refractivity (Wildman–Crippen MR) is 86.7 cm³/mol. The SMILES string of the molecule is NNc1nc(N2CCC(N3CCCC3)C2)c2ccsc2n1. The zero-order valence-electron chi connectivity index (χ0n) is 12.0. The first-order valence-electron chi connectivity index (χ1n) is 7.56. The van der Waals surface area contributed by atoms with Gasteiger partial charge in [0, 0.05) is 19.1 Å². The second kappa shape index (κ2) is 5.40. The van der Waals surface area contributed by atoms with E-state index >= 15 is 0 Å². The molecule has 2 saturated heterocycles. The molecule has 0 bridgehead atoms. The van der Waals surface area contributed by atoms with Gasteiger partial charge in [-0.3, -0.25) is 10.3 Å². The molecule has 2 aromatic heterocycles. The van der Waals surface area contributed by atoms with Crippen molar-refractivity contribution in [2.24, 2.45) is 5.84 Å². The third-order valence-corrected chi connectivity index (χ3v) is 5.36. The molecular weight excluding hydrogens is 284 g/mol. The number of nitrogens with zero attached hydrogens (tertiary/aromatic N) is 4. The molecule has 0 saturated carbocycles. The van der Waals surface area contributed by atoms with Crippen LogP contribution in [-0.4, -0.2) is 47.1 Å². The summed E-state index contributed by atoms with van der Waals surface area (Å²) in [5, 5.41) is 3.21. The Bertz CT molecular complexity index is 635. The third-order valence-electron chi connectivity index (χ3n) is 4.55. The normalized spacial score (nSPS) is 23.3. The van der Waals surface area contributed by atoms with E-state index < -0.39 is 0 Å². The van der Waals surface area contributed by atoms with E-state index in [1.54, 1.807) is 11.3 Å². The summed E-state index contributed by atoms with van der Waals surface area (Å²) in [6.45, 7) is 4.64. The predicted octanol–water partition coefficient (Wildman–Crippen LogP) is 1.65. The van der Waals surface area contributed by atoms with Gasteiger partial charge in [-0.15, -0.1) is 11.3 Å². The number of thiophene rings is 1. The van der Waals surface area contributed by atoms with Crippen LogP contribution in [0.5, 0.6) is 0 Å². The topological polar surface area (TPSA) is 70.3 Å². The van der Waals surface area contributed by atoms with Gasteiger partial charge < -0.3 is 4.90 Å². The molecule has 4 heterocycles. The van der Waals surface area contributed by atoms with Crippen molar-refractivity contribution in [3.63, 3.8) is 0 Å². The first-order chi connectivity index (χ1) is 10.3. The molecule has 1 atom stereocenters. The molecule has 21 heavy (non-hydrogen) atoms. The summed E-state index contributed by atoms with van der Waals surface area (Å²) in [7, 11) is 0. The van der Waals surface area contributed by atoms with Gasteiger partial charge in [0.2, 0.25) is 5.95 Å². The van der Waals surface area contributed by atoms with Crippen LogP contribution in [0.25, 0.3) is 10.2 Å². The quantitative estimate of drug-likeness (QED) is 0.664. The Labute approximate surface area is 127 Å². The van der Waals surface area contributed by atoms with Crippen LogP contribution in [0.1, 0.15) is 19.3 Å². The molecule has 4 rings (SSSR count). The van der Waals surface area contributed by atoms with E-state index in [0.29, 0.717) is 12.0 Å². The maximum absolute atomic E-state index is 5.51. The van der Waals surface area contributed by atoms with E-state index in [1.807, 2.05) is 0 Å². The number of likely N-dealkylation sites (tertiary alicyclic amines) is 1. The number of hydrazine groups is 1. The van der Waals surface area contributed by atoms with E-state index in [4.69, 9.17) is 5.84 Å². The molecule has 0 radical (unpaired) electrons. The van der Waals surface area contributed by atoms with Crippen LogP contribution in [0.2, 0.25) is 0 Å². The Hall–Kier alpha value is -1.44. The number of anilines is 2. The van der Waals surface area contributed by atoms with Crippen molar-refractivity contribution < 1.29 is 0 Å². The highest BCUT2D eigenvalue weighted by molar-refractivity contribution is 7.16. The van der Waals surface area contributed by atoms with Gasteiger partial charge in [0.05, 0.1) is 5.39 Å². The summed E-state index contributed by atoms with van der Waals surface area (Å²) >= 11 is 1.63. The Balaban J connectivity index is 1.62. The maximum Gasteiger partial charge on any atom is 0.240 e. The number of nitrogens with one attached hydrogen (secondary N) is 1. The van der Waals surface area contributed by atoms with Crippen molar-refractivity contribution >= 4 is 33.3 Å². The molecular formula is C14H20N6S. The van der Waals surface area contributed by atoms with Gasteiger partial charge >= 0.3 is 0 Å². The highest BCUT2D eigenvalue weighted by Crippen LogP contribution is 2.32. The Kier molecular flexibility index (Phi) is 3.40. The fourth-order valence-corrected chi connectivity index (χ4v) is 4.24. The van der Waals surface area contributed by atoms with E-state index in [9.17, 15) is 0 Å². The molecule has 1 unspecified atom stereocenters. The van der Waals surface area contributed by atoms with Crippen molar-refractivity contribution in [2.45, 2.75) is 25.3 Å². The summed E-state index contributed by atoms with van der Waals surface area (Å²) in [5.74, 6) is 7.04. The number of nitrogens with two attached hydrogens (primary N) is 1. The van der Waals surface area contributed by atoms with Crippen molar-refractivity contribution in [1.29, 1.82) is 0 Å². The molecule has 112 valence electrons. The molecule has 2 aliphatic heterocycles. The van der Waals surface area contributed by atoms with Crippen molar-refractivity contribution in [3.05, 3.63) is 11.4 Å². The zero-order valence-corrected chi connectivity index (χ0v) is 12.8. The minimum absolute atomic E-state index is 0.504. The first-order valence-corrected chi connectivity index (χ1v) is 8.44. The Morgan fingerprint density at radius 2 is 2.10 bits per heavy atom. The number of hydrogen-bond donors (Lipinski definition) is 2. The summed E-state index contributed by atoms with van der Waals surface area (Å²) in [6.07, 6.45) is 3.92. The van der Waals surface area contributed by atoms with Gasteiger partial charge in [-0.05, 0) is 43.8 Å². The van der Waals surface area contributed by atoms with Crippen molar-refractivity contribution in [3.8, 4) is 0 Å². The van der Waals surface area contributed by atoms with Gasteiger partial charge in [-0.1, -0.05) is 0 Å². The lowest BCUT2D eigenvalue weighted by Gasteiger charge is -2.24. The van der Waals surface area contributed by atoms with E-state index in [1.165, 1.54) is 32.4 Å². The van der Waals surface area contributed by atoms with Crippen LogP contribution in [-0.2, 0) is 0 Å². The van der Waals surface area contributed by atoms with Crippen LogP contribution in [0, 0.1) is 0 Å². The van der Waals surface area contributed by atoms with Crippen LogP contribution in [0.15, 0.2) is 11.4 Å². The molecule has 6 nitrogen and oxygen atoms in total. The second-order valence-electron chi connectivity index (χ2n) is 5.79. The average Bonchev–Trinajstić information content (AvgIpc) is 3.24. The minimum Gasteiger partial charge on any atom is -0.354 e. The van der Waals surface area contributed by atoms with Gasteiger partial charge in [0.25, 0.3) is 0 Å². The standard InChI is InChI=1S/C14H20N6S/c15-18-14-16-12(11-4-8-21-13(11)17-14)20-7-3-10(9-20)19-5-1-2-6-19/h4,8,10H,1-3,5-7,9,15H2,(H,16,17,18). The maximum atomic E-state index is 5.51. The monoisotopic (exact) mass is 304 g/mol. The number of aromatic nitrogens is 2. The summed E-state index contributed by atoms with van der Waals surface area (Å²) in [4.78, 5) is 15.0. The van der Waals surface area contributed by atoms with Crippen LogP contribution in [0.3, 0.4) is 0 Å².